The third-order valence-electron chi connectivity index (χ3n) is 6.55. The van der Waals surface area contributed by atoms with Crippen molar-refractivity contribution in [3.63, 3.8) is 0 Å². The molecule has 0 radical (unpaired) electrons. The molecule has 3 fully saturated rings. The summed E-state index contributed by atoms with van der Waals surface area (Å²) >= 11 is 0. The molecule has 2 saturated carbocycles. The van der Waals surface area contributed by atoms with Crippen molar-refractivity contribution < 1.29 is 0 Å². The van der Waals surface area contributed by atoms with Crippen LogP contribution in [0.3, 0.4) is 0 Å². The molecule has 0 aromatic carbocycles. The lowest BCUT2D eigenvalue weighted by atomic mass is 9.75. The molecule has 0 amide bonds. The highest BCUT2D eigenvalue weighted by atomic mass is 15.2. The zero-order valence-corrected chi connectivity index (χ0v) is 13.4. The van der Waals surface area contributed by atoms with Crippen molar-refractivity contribution in [1.29, 1.82) is 0 Å². The summed E-state index contributed by atoms with van der Waals surface area (Å²) in [7, 11) is 0. The molecule has 20 heavy (non-hydrogen) atoms. The normalized spacial score (nSPS) is 43.2. The first-order valence-corrected chi connectivity index (χ1v) is 9.27. The monoisotopic (exact) mass is 278 g/mol. The molecule has 5 atom stereocenters. The van der Waals surface area contributed by atoms with E-state index in [4.69, 9.17) is 5.73 Å². The van der Waals surface area contributed by atoms with Gasteiger partial charge in [-0.3, -0.25) is 4.90 Å². The zero-order valence-electron chi connectivity index (χ0n) is 13.4. The first-order valence-electron chi connectivity index (χ1n) is 9.27. The van der Waals surface area contributed by atoms with Gasteiger partial charge >= 0.3 is 0 Å². The summed E-state index contributed by atoms with van der Waals surface area (Å²) in [5.74, 6) is 2.74. The van der Waals surface area contributed by atoms with Gasteiger partial charge in [-0.15, -0.1) is 0 Å². The predicted octanol–water partition coefficient (Wildman–Crippen LogP) is 3.79. The summed E-state index contributed by atoms with van der Waals surface area (Å²) in [5, 5.41) is 0. The lowest BCUT2D eigenvalue weighted by molar-refractivity contribution is 0.0347. The summed E-state index contributed by atoms with van der Waals surface area (Å²) in [6, 6.07) is 1.38. The second kappa shape index (κ2) is 6.79. The van der Waals surface area contributed by atoms with Crippen LogP contribution in [0.4, 0.5) is 0 Å². The maximum Gasteiger partial charge on any atom is 0.0124 e. The van der Waals surface area contributed by atoms with Gasteiger partial charge < -0.3 is 5.73 Å². The molecule has 1 heterocycles. The Kier molecular flexibility index (Phi) is 5.04. The van der Waals surface area contributed by atoms with Crippen molar-refractivity contribution >= 4 is 0 Å². The Morgan fingerprint density at radius 1 is 1.00 bits per heavy atom. The Hall–Kier alpha value is -0.0800. The highest BCUT2D eigenvalue weighted by molar-refractivity contribution is 4.91. The van der Waals surface area contributed by atoms with Crippen LogP contribution in [0.25, 0.3) is 0 Å². The van der Waals surface area contributed by atoms with Crippen LogP contribution in [0.2, 0.25) is 0 Å². The number of rotatable bonds is 3. The zero-order chi connectivity index (χ0) is 13.9. The fourth-order valence-electron chi connectivity index (χ4n) is 5.22. The summed E-state index contributed by atoms with van der Waals surface area (Å²) in [6.45, 7) is 5.01. The van der Waals surface area contributed by atoms with Gasteiger partial charge in [-0.25, -0.2) is 0 Å². The van der Waals surface area contributed by atoms with Crippen LogP contribution in [-0.2, 0) is 0 Å². The SMILES string of the molecule is CCC1CCC(N)C(CN2CCC[C@H]3CCCC[C@H]32)C1. The number of likely N-dealkylation sites (tertiary alicyclic amines) is 1. The van der Waals surface area contributed by atoms with Crippen molar-refractivity contribution in [3.8, 4) is 0 Å². The third-order valence-corrected chi connectivity index (χ3v) is 6.55. The minimum atomic E-state index is 0.474. The first kappa shape index (κ1) is 14.8. The van der Waals surface area contributed by atoms with Gasteiger partial charge in [-0.2, -0.15) is 0 Å². The number of hydrogen-bond donors (Lipinski definition) is 1. The summed E-state index contributed by atoms with van der Waals surface area (Å²) in [4.78, 5) is 2.86. The number of nitrogens with zero attached hydrogens (tertiary/aromatic N) is 1. The van der Waals surface area contributed by atoms with Gasteiger partial charge in [-0.1, -0.05) is 26.2 Å². The molecule has 0 bridgehead atoms. The van der Waals surface area contributed by atoms with Crippen molar-refractivity contribution in [3.05, 3.63) is 0 Å². The number of hydrogen-bond acceptors (Lipinski definition) is 2. The van der Waals surface area contributed by atoms with Crippen LogP contribution >= 0.6 is 0 Å². The average Bonchev–Trinajstić information content (AvgIpc) is 2.50. The van der Waals surface area contributed by atoms with Crippen LogP contribution in [0, 0.1) is 17.8 Å². The van der Waals surface area contributed by atoms with Crippen LogP contribution in [0.5, 0.6) is 0 Å². The highest BCUT2D eigenvalue weighted by Gasteiger charge is 2.36. The first-order chi connectivity index (χ1) is 9.78. The number of fused-ring (bicyclic) bond motifs is 1. The van der Waals surface area contributed by atoms with Gasteiger partial charge in [0, 0.05) is 18.6 Å². The molecule has 3 unspecified atom stereocenters. The van der Waals surface area contributed by atoms with Crippen LogP contribution in [0.15, 0.2) is 0 Å². The van der Waals surface area contributed by atoms with Crippen molar-refractivity contribution in [2.75, 3.05) is 13.1 Å². The molecule has 1 saturated heterocycles. The van der Waals surface area contributed by atoms with Crippen LogP contribution in [0.1, 0.15) is 71.1 Å². The molecule has 2 aliphatic carbocycles. The molecule has 2 heteroatoms. The molecule has 116 valence electrons. The fourth-order valence-corrected chi connectivity index (χ4v) is 5.22. The average molecular weight is 278 g/mol. The minimum absolute atomic E-state index is 0.474. The molecule has 1 aliphatic heterocycles. The Morgan fingerprint density at radius 3 is 2.65 bits per heavy atom. The largest absolute Gasteiger partial charge is 0.327 e. The van der Waals surface area contributed by atoms with Crippen LogP contribution < -0.4 is 5.73 Å². The fraction of sp³-hybridized carbons (Fsp3) is 1.00. The molecule has 2 nitrogen and oxygen atoms in total. The maximum atomic E-state index is 6.45. The number of piperidine rings is 1. The standard InChI is InChI=1S/C18H34N2/c1-2-14-9-10-17(19)16(12-14)13-20-11-5-7-15-6-3-4-8-18(15)20/h14-18H,2-13,19H2,1H3/t14?,15-,16?,17?,18-/m1/s1. The molecule has 0 aromatic rings. The van der Waals surface area contributed by atoms with E-state index in [0.717, 1.165) is 23.8 Å². The minimum Gasteiger partial charge on any atom is -0.327 e. The van der Waals surface area contributed by atoms with E-state index in [-0.39, 0.29) is 0 Å². The van der Waals surface area contributed by atoms with E-state index in [0.29, 0.717) is 6.04 Å². The highest BCUT2D eigenvalue weighted by Crippen LogP contribution is 2.37. The van der Waals surface area contributed by atoms with Gasteiger partial charge in [0.1, 0.15) is 0 Å². The van der Waals surface area contributed by atoms with Gasteiger partial charge in [-0.05, 0) is 69.2 Å². The molecule has 2 N–H and O–H groups in total. The van der Waals surface area contributed by atoms with Gasteiger partial charge in [0.25, 0.3) is 0 Å². The van der Waals surface area contributed by atoms with E-state index >= 15 is 0 Å². The number of nitrogens with two attached hydrogens (primary N) is 1. The molecular formula is C18H34N2. The van der Waals surface area contributed by atoms with Crippen molar-refractivity contribution in [2.45, 2.75) is 83.2 Å². The van der Waals surface area contributed by atoms with Crippen molar-refractivity contribution in [2.24, 2.45) is 23.5 Å². The summed E-state index contributed by atoms with van der Waals surface area (Å²) < 4.78 is 0. The van der Waals surface area contributed by atoms with Gasteiger partial charge in [0.2, 0.25) is 0 Å². The molecular weight excluding hydrogens is 244 g/mol. The Balaban J connectivity index is 1.60. The predicted molar refractivity (Wildman–Crippen MR) is 85.7 cm³/mol. The summed E-state index contributed by atoms with van der Waals surface area (Å²) in [6.07, 6.45) is 14.2. The van der Waals surface area contributed by atoms with E-state index in [1.54, 1.807) is 0 Å². The molecule has 0 aromatic heterocycles. The van der Waals surface area contributed by atoms with Crippen molar-refractivity contribution in [1.82, 2.24) is 4.90 Å². The van der Waals surface area contributed by atoms with Crippen LogP contribution in [-0.4, -0.2) is 30.1 Å². The lowest BCUT2D eigenvalue weighted by Crippen LogP contribution is -2.51. The Labute approximate surface area is 125 Å². The van der Waals surface area contributed by atoms with Gasteiger partial charge in [0.05, 0.1) is 0 Å². The van der Waals surface area contributed by atoms with E-state index in [1.807, 2.05) is 0 Å². The maximum absolute atomic E-state index is 6.45. The van der Waals surface area contributed by atoms with Gasteiger partial charge in [0.15, 0.2) is 0 Å². The second-order valence-corrected chi connectivity index (χ2v) is 7.76. The third kappa shape index (κ3) is 3.22. The quantitative estimate of drug-likeness (QED) is 0.851. The molecule has 3 rings (SSSR count). The van der Waals surface area contributed by atoms with E-state index < -0.39 is 0 Å². The molecule has 0 spiro atoms. The second-order valence-electron chi connectivity index (χ2n) is 7.76. The van der Waals surface area contributed by atoms with E-state index in [1.165, 1.54) is 77.3 Å². The van der Waals surface area contributed by atoms with E-state index in [9.17, 15) is 0 Å². The summed E-state index contributed by atoms with van der Waals surface area (Å²) in [5.41, 5.74) is 6.45. The Bertz CT molecular complexity index is 302. The van der Waals surface area contributed by atoms with E-state index in [2.05, 4.69) is 11.8 Å². The molecule has 3 aliphatic rings. The smallest absolute Gasteiger partial charge is 0.0124 e. The topological polar surface area (TPSA) is 29.3 Å². The Morgan fingerprint density at radius 2 is 1.80 bits per heavy atom. The lowest BCUT2D eigenvalue weighted by Gasteiger charge is -2.47.